The SMILES string of the molecule is O=C(CCCCl)NCC(O)c1ccc2c(c1)OCCO2. The third-order valence-electron chi connectivity index (χ3n) is 2.98. The van der Waals surface area contributed by atoms with E-state index in [1.807, 2.05) is 0 Å². The van der Waals surface area contributed by atoms with Gasteiger partial charge in [0.1, 0.15) is 13.2 Å². The highest BCUT2D eigenvalue weighted by atomic mass is 35.5. The maximum Gasteiger partial charge on any atom is 0.220 e. The Morgan fingerprint density at radius 3 is 2.85 bits per heavy atom. The van der Waals surface area contributed by atoms with Crippen LogP contribution in [0.5, 0.6) is 11.5 Å². The van der Waals surface area contributed by atoms with Gasteiger partial charge in [0.05, 0.1) is 6.10 Å². The lowest BCUT2D eigenvalue weighted by Crippen LogP contribution is -2.28. The van der Waals surface area contributed by atoms with E-state index in [4.69, 9.17) is 21.1 Å². The lowest BCUT2D eigenvalue weighted by molar-refractivity contribution is -0.121. The van der Waals surface area contributed by atoms with Gasteiger partial charge in [-0.25, -0.2) is 0 Å². The van der Waals surface area contributed by atoms with E-state index in [2.05, 4.69) is 5.32 Å². The fraction of sp³-hybridized carbons (Fsp3) is 0.500. The van der Waals surface area contributed by atoms with Crippen molar-refractivity contribution < 1.29 is 19.4 Å². The third-order valence-corrected chi connectivity index (χ3v) is 3.25. The van der Waals surface area contributed by atoms with Crippen LogP contribution >= 0.6 is 11.6 Å². The van der Waals surface area contributed by atoms with Crippen molar-refractivity contribution in [3.8, 4) is 11.5 Å². The van der Waals surface area contributed by atoms with Gasteiger partial charge < -0.3 is 19.9 Å². The number of amides is 1. The van der Waals surface area contributed by atoms with E-state index >= 15 is 0 Å². The molecule has 0 bridgehead atoms. The summed E-state index contributed by atoms with van der Waals surface area (Å²) in [6, 6.07) is 5.27. The number of nitrogens with one attached hydrogen (secondary N) is 1. The predicted octanol–water partition coefficient (Wildman–Crippen LogP) is 1.63. The summed E-state index contributed by atoms with van der Waals surface area (Å²) in [5.41, 5.74) is 0.687. The molecule has 1 heterocycles. The number of hydrogen-bond donors (Lipinski definition) is 2. The van der Waals surface area contributed by atoms with E-state index in [1.54, 1.807) is 18.2 Å². The van der Waals surface area contributed by atoms with E-state index in [1.165, 1.54) is 0 Å². The van der Waals surface area contributed by atoms with Crippen LogP contribution < -0.4 is 14.8 Å². The van der Waals surface area contributed by atoms with Crippen molar-refractivity contribution in [1.29, 1.82) is 0 Å². The molecule has 1 aromatic rings. The Morgan fingerprint density at radius 2 is 2.10 bits per heavy atom. The first-order valence-corrected chi connectivity index (χ1v) is 7.14. The fourth-order valence-corrected chi connectivity index (χ4v) is 2.04. The average Bonchev–Trinajstić information content (AvgIpc) is 2.50. The van der Waals surface area contributed by atoms with Crippen molar-refractivity contribution in [2.75, 3.05) is 25.6 Å². The van der Waals surface area contributed by atoms with Gasteiger partial charge in [-0.3, -0.25) is 4.79 Å². The fourth-order valence-electron chi connectivity index (χ4n) is 1.91. The van der Waals surface area contributed by atoms with E-state index in [0.717, 1.165) is 0 Å². The highest BCUT2D eigenvalue weighted by molar-refractivity contribution is 6.17. The zero-order valence-electron chi connectivity index (χ0n) is 11.1. The summed E-state index contributed by atoms with van der Waals surface area (Å²) in [7, 11) is 0. The van der Waals surface area contributed by atoms with E-state index in [9.17, 15) is 9.90 Å². The summed E-state index contributed by atoms with van der Waals surface area (Å²) >= 11 is 5.52. The molecule has 0 spiro atoms. The molecule has 0 aromatic heterocycles. The van der Waals surface area contributed by atoms with Gasteiger partial charge in [0.2, 0.25) is 5.91 Å². The number of hydrogen-bond acceptors (Lipinski definition) is 4. The van der Waals surface area contributed by atoms with Gasteiger partial charge >= 0.3 is 0 Å². The van der Waals surface area contributed by atoms with Crippen LogP contribution in [0.2, 0.25) is 0 Å². The molecule has 20 heavy (non-hydrogen) atoms. The smallest absolute Gasteiger partial charge is 0.220 e. The van der Waals surface area contributed by atoms with Crippen LogP contribution in [0.4, 0.5) is 0 Å². The number of fused-ring (bicyclic) bond motifs is 1. The minimum absolute atomic E-state index is 0.109. The molecule has 5 nitrogen and oxygen atoms in total. The molecule has 1 atom stereocenters. The Balaban J connectivity index is 1.89. The van der Waals surface area contributed by atoms with Crippen LogP contribution in [0.3, 0.4) is 0 Å². The molecule has 0 radical (unpaired) electrons. The van der Waals surface area contributed by atoms with Crippen molar-refractivity contribution in [3.05, 3.63) is 23.8 Å². The Morgan fingerprint density at radius 1 is 1.35 bits per heavy atom. The van der Waals surface area contributed by atoms with E-state index in [0.29, 0.717) is 49.0 Å². The van der Waals surface area contributed by atoms with Crippen LogP contribution in [-0.4, -0.2) is 36.7 Å². The molecular formula is C14H18ClNO4. The normalized spacial score (nSPS) is 14.7. The zero-order chi connectivity index (χ0) is 14.4. The molecule has 0 saturated carbocycles. The number of aliphatic hydroxyl groups excluding tert-OH is 1. The number of carbonyl (C=O) groups excluding carboxylic acids is 1. The quantitative estimate of drug-likeness (QED) is 0.784. The first-order chi connectivity index (χ1) is 9.70. The topological polar surface area (TPSA) is 67.8 Å². The number of rotatable bonds is 6. The molecule has 0 saturated heterocycles. The molecule has 1 aromatic carbocycles. The second-order valence-electron chi connectivity index (χ2n) is 4.52. The van der Waals surface area contributed by atoms with Crippen LogP contribution in [-0.2, 0) is 4.79 Å². The lowest BCUT2D eigenvalue weighted by atomic mass is 10.1. The first-order valence-electron chi connectivity index (χ1n) is 6.61. The van der Waals surface area contributed by atoms with Gasteiger partial charge in [-0.1, -0.05) is 6.07 Å². The van der Waals surface area contributed by atoms with Crippen molar-refractivity contribution in [1.82, 2.24) is 5.32 Å². The summed E-state index contributed by atoms with van der Waals surface area (Å²) < 4.78 is 10.9. The molecule has 110 valence electrons. The van der Waals surface area contributed by atoms with Gasteiger partial charge in [-0.05, 0) is 24.1 Å². The number of carbonyl (C=O) groups is 1. The molecule has 1 aliphatic rings. The monoisotopic (exact) mass is 299 g/mol. The molecule has 1 amide bonds. The number of alkyl halides is 1. The van der Waals surface area contributed by atoms with Crippen LogP contribution in [0, 0.1) is 0 Å². The van der Waals surface area contributed by atoms with Crippen molar-refractivity contribution >= 4 is 17.5 Å². The van der Waals surface area contributed by atoms with Gasteiger partial charge in [-0.15, -0.1) is 11.6 Å². The summed E-state index contributed by atoms with van der Waals surface area (Å²) in [4.78, 5) is 11.4. The Bertz CT molecular complexity index is 466. The maximum absolute atomic E-state index is 11.4. The Hall–Kier alpha value is -1.46. The molecule has 0 aliphatic carbocycles. The minimum atomic E-state index is -0.772. The summed E-state index contributed by atoms with van der Waals surface area (Å²) in [6.07, 6.45) is 0.232. The van der Waals surface area contributed by atoms with Gasteiger partial charge in [0.25, 0.3) is 0 Å². The molecular weight excluding hydrogens is 282 g/mol. The molecule has 1 aliphatic heterocycles. The second kappa shape index (κ2) is 7.36. The van der Waals surface area contributed by atoms with Gasteiger partial charge in [0.15, 0.2) is 11.5 Å². The van der Waals surface area contributed by atoms with Crippen molar-refractivity contribution in [2.45, 2.75) is 18.9 Å². The number of aliphatic hydroxyl groups is 1. The third kappa shape index (κ3) is 4.02. The standard InChI is InChI=1S/C14H18ClNO4/c15-5-1-2-14(18)16-9-11(17)10-3-4-12-13(8-10)20-7-6-19-12/h3-4,8,11,17H,1-2,5-7,9H2,(H,16,18). The maximum atomic E-state index is 11.4. The summed E-state index contributed by atoms with van der Waals surface area (Å²) in [6.45, 7) is 1.20. The first kappa shape index (κ1) is 14.9. The number of ether oxygens (including phenoxy) is 2. The number of halogens is 1. The molecule has 2 rings (SSSR count). The van der Waals surface area contributed by atoms with Crippen molar-refractivity contribution in [3.63, 3.8) is 0 Å². The molecule has 1 unspecified atom stereocenters. The van der Waals surface area contributed by atoms with Crippen LogP contribution in [0.1, 0.15) is 24.5 Å². The van der Waals surface area contributed by atoms with Crippen LogP contribution in [0.15, 0.2) is 18.2 Å². The predicted molar refractivity (Wildman–Crippen MR) is 75.4 cm³/mol. The second-order valence-corrected chi connectivity index (χ2v) is 4.89. The molecule has 0 fully saturated rings. The largest absolute Gasteiger partial charge is 0.486 e. The van der Waals surface area contributed by atoms with Crippen LogP contribution in [0.25, 0.3) is 0 Å². The summed E-state index contributed by atoms with van der Waals surface area (Å²) in [5.74, 6) is 1.65. The highest BCUT2D eigenvalue weighted by Gasteiger charge is 2.15. The van der Waals surface area contributed by atoms with E-state index < -0.39 is 6.10 Å². The van der Waals surface area contributed by atoms with E-state index in [-0.39, 0.29) is 12.5 Å². The van der Waals surface area contributed by atoms with Crippen molar-refractivity contribution in [2.24, 2.45) is 0 Å². The molecule has 6 heteroatoms. The Labute approximate surface area is 122 Å². The van der Waals surface area contributed by atoms with Gasteiger partial charge in [0, 0.05) is 18.8 Å². The average molecular weight is 300 g/mol. The highest BCUT2D eigenvalue weighted by Crippen LogP contribution is 2.32. The summed E-state index contributed by atoms with van der Waals surface area (Å²) in [5, 5.41) is 12.7. The minimum Gasteiger partial charge on any atom is -0.486 e. The van der Waals surface area contributed by atoms with Gasteiger partial charge in [-0.2, -0.15) is 0 Å². The lowest BCUT2D eigenvalue weighted by Gasteiger charge is -2.20. The molecule has 2 N–H and O–H groups in total. The zero-order valence-corrected chi connectivity index (χ0v) is 11.9. The Kier molecular flexibility index (Phi) is 5.49. The number of benzene rings is 1.